The SMILES string of the molecule is CCCc1nc(NC)c(C)c(N(C)CCCCCO)n1. The van der Waals surface area contributed by atoms with E-state index in [1.807, 2.05) is 7.05 Å². The summed E-state index contributed by atoms with van der Waals surface area (Å²) in [5, 5.41) is 12.0. The fourth-order valence-corrected chi connectivity index (χ4v) is 2.24. The third-order valence-electron chi connectivity index (χ3n) is 3.39. The van der Waals surface area contributed by atoms with E-state index in [4.69, 9.17) is 10.1 Å². The molecule has 0 aliphatic heterocycles. The molecule has 0 spiro atoms. The highest BCUT2D eigenvalue weighted by atomic mass is 16.2. The van der Waals surface area contributed by atoms with Gasteiger partial charge in [0.05, 0.1) is 0 Å². The van der Waals surface area contributed by atoms with E-state index in [1.165, 1.54) is 0 Å². The van der Waals surface area contributed by atoms with Crippen molar-refractivity contribution < 1.29 is 5.11 Å². The molecule has 1 heterocycles. The second-order valence-corrected chi connectivity index (χ2v) is 5.14. The first-order chi connectivity index (χ1) is 9.63. The topological polar surface area (TPSA) is 61.3 Å². The van der Waals surface area contributed by atoms with Gasteiger partial charge in [0.15, 0.2) is 0 Å². The van der Waals surface area contributed by atoms with Crippen LogP contribution in [0.5, 0.6) is 0 Å². The van der Waals surface area contributed by atoms with Crippen molar-refractivity contribution in [3.05, 3.63) is 11.4 Å². The zero-order valence-electron chi connectivity index (χ0n) is 13.2. The minimum absolute atomic E-state index is 0.279. The molecule has 0 amide bonds. The predicted octanol–water partition coefficient (Wildman–Crippen LogP) is 2.38. The van der Waals surface area contributed by atoms with Crippen LogP contribution >= 0.6 is 0 Å². The van der Waals surface area contributed by atoms with E-state index in [0.717, 1.165) is 61.7 Å². The van der Waals surface area contributed by atoms with Gasteiger partial charge in [-0.25, -0.2) is 9.97 Å². The number of aliphatic hydroxyl groups excluding tert-OH is 1. The van der Waals surface area contributed by atoms with Crippen LogP contribution in [0.4, 0.5) is 11.6 Å². The summed E-state index contributed by atoms with van der Waals surface area (Å²) in [5.74, 6) is 2.83. The molecule has 114 valence electrons. The number of anilines is 2. The van der Waals surface area contributed by atoms with Crippen molar-refractivity contribution in [3.8, 4) is 0 Å². The Morgan fingerprint density at radius 1 is 1.20 bits per heavy atom. The molecule has 0 aromatic carbocycles. The summed E-state index contributed by atoms with van der Waals surface area (Å²) < 4.78 is 0. The number of unbranched alkanes of at least 4 members (excludes halogenated alkanes) is 2. The van der Waals surface area contributed by atoms with Crippen molar-refractivity contribution in [1.29, 1.82) is 0 Å². The monoisotopic (exact) mass is 280 g/mol. The molecule has 20 heavy (non-hydrogen) atoms. The van der Waals surface area contributed by atoms with E-state index in [1.54, 1.807) is 0 Å². The van der Waals surface area contributed by atoms with Crippen LogP contribution in [0.3, 0.4) is 0 Å². The molecule has 0 radical (unpaired) electrons. The van der Waals surface area contributed by atoms with Gasteiger partial charge in [-0.05, 0) is 32.6 Å². The maximum atomic E-state index is 8.81. The number of aryl methyl sites for hydroxylation is 1. The fourth-order valence-electron chi connectivity index (χ4n) is 2.24. The molecule has 5 heteroatoms. The molecule has 2 N–H and O–H groups in total. The van der Waals surface area contributed by atoms with Gasteiger partial charge in [0.1, 0.15) is 17.5 Å². The predicted molar refractivity (Wildman–Crippen MR) is 84.5 cm³/mol. The van der Waals surface area contributed by atoms with E-state index in [9.17, 15) is 0 Å². The molecule has 0 unspecified atom stereocenters. The van der Waals surface area contributed by atoms with Crippen molar-refractivity contribution in [2.45, 2.75) is 46.0 Å². The van der Waals surface area contributed by atoms with Gasteiger partial charge in [-0.3, -0.25) is 0 Å². The Morgan fingerprint density at radius 3 is 2.55 bits per heavy atom. The van der Waals surface area contributed by atoms with Gasteiger partial charge >= 0.3 is 0 Å². The number of rotatable bonds is 9. The first-order valence-electron chi connectivity index (χ1n) is 7.51. The van der Waals surface area contributed by atoms with Crippen molar-refractivity contribution >= 4 is 11.6 Å². The highest BCUT2D eigenvalue weighted by molar-refractivity contribution is 5.58. The van der Waals surface area contributed by atoms with E-state index >= 15 is 0 Å². The summed E-state index contributed by atoms with van der Waals surface area (Å²) in [4.78, 5) is 11.4. The summed E-state index contributed by atoms with van der Waals surface area (Å²) in [6, 6.07) is 0. The minimum atomic E-state index is 0.279. The van der Waals surface area contributed by atoms with Gasteiger partial charge in [0, 0.05) is 39.2 Å². The Balaban J connectivity index is 2.82. The highest BCUT2D eigenvalue weighted by Gasteiger charge is 2.13. The Hall–Kier alpha value is -1.36. The normalized spacial score (nSPS) is 10.7. The lowest BCUT2D eigenvalue weighted by atomic mass is 10.2. The van der Waals surface area contributed by atoms with E-state index < -0.39 is 0 Å². The number of aliphatic hydroxyl groups is 1. The van der Waals surface area contributed by atoms with Crippen LogP contribution in [-0.4, -0.2) is 42.3 Å². The smallest absolute Gasteiger partial charge is 0.137 e. The molecule has 0 aliphatic rings. The Labute approximate surface area is 122 Å². The zero-order valence-corrected chi connectivity index (χ0v) is 13.2. The van der Waals surface area contributed by atoms with Gasteiger partial charge in [-0.2, -0.15) is 0 Å². The molecule has 0 fully saturated rings. The standard InChI is InChI=1S/C15H28N4O/c1-5-9-13-17-14(16-3)12(2)15(18-13)19(4)10-7-6-8-11-20/h20H,5-11H2,1-4H3,(H,16,17,18). The van der Waals surface area contributed by atoms with E-state index in [-0.39, 0.29) is 6.61 Å². The summed E-state index contributed by atoms with van der Waals surface area (Å²) in [5.41, 5.74) is 1.09. The van der Waals surface area contributed by atoms with Crippen LogP contribution in [0.15, 0.2) is 0 Å². The number of nitrogens with one attached hydrogen (secondary N) is 1. The molecule has 0 bridgehead atoms. The molecule has 0 saturated carbocycles. The Kier molecular flexibility index (Phi) is 7.30. The summed E-state index contributed by atoms with van der Waals surface area (Å²) in [6.45, 7) is 5.43. The van der Waals surface area contributed by atoms with Gasteiger partial charge in [-0.15, -0.1) is 0 Å². The third kappa shape index (κ3) is 4.63. The average Bonchev–Trinajstić information content (AvgIpc) is 2.45. The summed E-state index contributed by atoms with van der Waals surface area (Å²) >= 11 is 0. The first-order valence-corrected chi connectivity index (χ1v) is 7.51. The van der Waals surface area contributed by atoms with Crippen LogP contribution in [0, 0.1) is 6.92 Å². The van der Waals surface area contributed by atoms with E-state index in [0.29, 0.717) is 0 Å². The van der Waals surface area contributed by atoms with Crippen LogP contribution in [-0.2, 0) is 6.42 Å². The lowest BCUT2D eigenvalue weighted by Crippen LogP contribution is -2.22. The van der Waals surface area contributed by atoms with Crippen molar-refractivity contribution in [3.63, 3.8) is 0 Å². The quantitative estimate of drug-likeness (QED) is 0.680. The van der Waals surface area contributed by atoms with Gasteiger partial charge < -0.3 is 15.3 Å². The average molecular weight is 280 g/mol. The Morgan fingerprint density at radius 2 is 1.95 bits per heavy atom. The second kappa shape index (κ2) is 8.74. The zero-order chi connectivity index (χ0) is 15.0. The maximum absolute atomic E-state index is 8.81. The van der Waals surface area contributed by atoms with Gasteiger partial charge in [-0.1, -0.05) is 6.92 Å². The number of nitrogens with zero attached hydrogens (tertiary/aromatic N) is 3. The van der Waals surface area contributed by atoms with Crippen molar-refractivity contribution in [1.82, 2.24) is 9.97 Å². The molecule has 1 rings (SSSR count). The minimum Gasteiger partial charge on any atom is -0.396 e. The first kappa shape index (κ1) is 16.7. The molecular weight excluding hydrogens is 252 g/mol. The molecule has 0 atom stereocenters. The van der Waals surface area contributed by atoms with Crippen molar-refractivity contribution in [2.75, 3.05) is 37.5 Å². The van der Waals surface area contributed by atoms with Gasteiger partial charge in [0.2, 0.25) is 0 Å². The third-order valence-corrected chi connectivity index (χ3v) is 3.39. The van der Waals surface area contributed by atoms with Gasteiger partial charge in [0.25, 0.3) is 0 Å². The molecular formula is C15H28N4O. The largest absolute Gasteiger partial charge is 0.396 e. The molecule has 5 nitrogen and oxygen atoms in total. The van der Waals surface area contributed by atoms with Crippen LogP contribution in [0.25, 0.3) is 0 Å². The number of aromatic nitrogens is 2. The van der Waals surface area contributed by atoms with Crippen LogP contribution < -0.4 is 10.2 Å². The van der Waals surface area contributed by atoms with Crippen molar-refractivity contribution in [2.24, 2.45) is 0 Å². The Bertz CT molecular complexity index is 409. The number of hydrogen-bond acceptors (Lipinski definition) is 5. The maximum Gasteiger partial charge on any atom is 0.137 e. The fraction of sp³-hybridized carbons (Fsp3) is 0.733. The van der Waals surface area contributed by atoms with Crippen LogP contribution in [0.2, 0.25) is 0 Å². The summed E-state index contributed by atoms with van der Waals surface area (Å²) in [6.07, 6.45) is 4.94. The lowest BCUT2D eigenvalue weighted by molar-refractivity contribution is 0.283. The highest BCUT2D eigenvalue weighted by Crippen LogP contribution is 2.23. The molecule has 0 aliphatic carbocycles. The molecule has 0 saturated heterocycles. The summed E-state index contributed by atoms with van der Waals surface area (Å²) in [7, 11) is 3.97. The second-order valence-electron chi connectivity index (χ2n) is 5.14. The van der Waals surface area contributed by atoms with Crippen LogP contribution in [0.1, 0.15) is 44.0 Å². The lowest BCUT2D eigenvalue weighted by Gasteiger charge is -2.22. The molecule has 1 aromatic rings. The molecule has 1 aromatic heterocycles. The number of hydrogen-bond donors (Lipinski definition) is 2. The van der Waals surface area contributed by atoms with E-state index in [2.05, 4.69) is 36.1 Å².